The Bertz CT molecular complexity index is 468. The first-order chi connectivity index (χ1) is 9.72. The second-order valence-corrected chi connectivity index (χ2v) is 5.39. The van der Waals surface area contributed by atoms with Gasteiger partial charge in [0.05, 0.1) is 0 Å². The van der Waals surface area contributed by atoms with Crippen LogP contribution in [0.4, 0.5) is 11.6 Å². The van der Waals surface area contributed by atoms with E-state index in [4.69, 9.17) is 0 Å². The van der Waals surface area contributed by atoms with Gasteiger partial charge in [0.2, 0.25) is 5.91 Å². The summed E-state index contributed by atoms with van der Waals surface area (Å²) in [5.41, 5.74) is 0. The lowest BCUT2D eigenvalue weighted by Gasteiger charge is -2.21. The fourth-order valence-electron chi connectivity index (χ4n) is 2.01. The molecule has 2 heterocycles. The number of anilines is 2. The lowest BCUT2D eigenvalue weighted by Crippen LogP contribution is -2.29. The van der Waals surface area contributed by atoms with Gasteiger partial charge in [-0.25, -0.2) is 9.97 Å². The fourth-order valence-corrected chi connectivity index (χ4v) is 2.38. The first kappa shape index (κ1) is 14.9. The van der Waals surface area contributed by atoms with Gasteiger partial charge in [-0.3, -0.25) is 4.79 Å². The summed E-state index contributed by atoms with van der Waals surface area (Å²) in [7, 11) is 0. The summed E-state index contributed by atoms with van der Waals surface area (Å²) in [6.45, 7) is 5.16. The van der Waals surface area contributed by atoms with Gasteiger partial charge < -0.3 is 15.5 Å². The molecule has 1 aromatic rings. The quantitative estimate of drug-likeness (QED) is 0.631. The highest BCUT2D eigenvalue weighted by molar-refractivity contribution is 7.98. The summed E-state index contributed by atoms with van der Waals surface area (Å²) < 4.78 is 0. The second-order valence-electron chi connectivity index (χ2n) is 4.61. The summed E-state index contributed by atoms with van der Waals surface area (Å²) >= 11 is 1.53. The van der Waals surface area contributed by atoms with Crippen LogP contribution in [0.1, 0.15) is 19.8 Å². The molecule has 0 unspecified atom stereocenters. The van der Waals surface area contributed by atoms with E-state index in [1.807, 2.05) is 12.3 Å². The zero-order chi connectivity index (χ0) is 14.4. The maximum atomic E-state index is 11.4. The predicted octanol–water partition coefficient (Wildman–Crippen LogP) is 1.35. The Morgan fingerprint density at radius 1 is 1.45 bits per heavy atom. The molecule has 1 saturated heterocycles. The van der Waals surface area contributed by atoms with Crippen molar-refractivity contribution in [3.8, 4) is 0 Å². The van der Waals surface area contributed by atoms with Crippen LogP contribution < -0.4 is 15.5 Å². The van der Waals surface area contributed by atoms with Crippen LogP contribution in [0.3, 0.4) is 0 Å². The Hall–Kier alpha value is -1.50. The molecule has 7 heteroatoms. The van der Waals surface area contributed by atoms with Gasteiger partial charge in [-0.05, 0) is 12.7 Å². The number of hydrogen-bond acceptors (Lipinski definition) is 6. The van der Waals surface area contributed by atoms with Crippen molar-refractivity contribution in [3.63, 3.8) is 0 Å². The second kappa shape index (κ2) is 7.33. The smallest absolute Gasteiger partial charge is 0.221 e. The van der Waals surface area contributed by atoms with E-state index in [1.54, 1.807) is 0 Å². The number of nitrogens with zero attached hydrogens (tertiary/aromatic N) is 3. The lowest BCUT2D eigenvalue weighted by molar-refractivity contribution is -0.120. The molecule has 0 atom stereocenters. The van der Waals surface area contributed by atoms with E-state index in [0.29, 0.717) is 19.5 Å². The lowest BCUT2D eigenvalue weighted by atomic mass is 10.3. The highest BCUT2D eigenvalue weighted by atomic mass is 32.2. The molecular formula is C13H21N5OS. The summed E-state index contributed by atoms with van der Waals surface area (Å²) in [6, 6.07) is 1.96. The zero-order valence-electron chi connectivity index (χ0n) is 12.0. The van der Waals surface area contributed by atoms with E-state index in [1.165, 1.54) is 11.8 Å². The number of nitrogens with one attached hydrogen (secondary N) is 2. The number of aromatic nitrogens is 2. The molecule has 20 heavy (non-hydrogen) atoms. The zero-order valence-corrected chi connectivity index (χ0v) is 12.8. The summed E-state index contributed by atoms with van der Waals surface area (Å²) in [6.07, 6.45) is 3.53. The molecule has 1 aliphatic rings. The average Bonchev–Trinajstić information content (AvgIpc) is 2.69. The van der Waals surface area contributed by atoms with Crippen LogP contribution in [-0.2, 0) is 4.79 Å². The third kappa shape index (κ3) is 4.00. The average molecular weight is 295 g/mol. The number of hydrogen-bond donors (Lipinski definition) is 2. The van der Waals surface area contributed by atoms with Gasteiger partial charge >= 0.3 is 0 Å². The molecule has 1 aliphatic heterocycles. The van der Waals surface area contributed by atoms with Gasteiger partial charge in [0.25, 0.3) is 0 Å². The van der Waals surface area contributed by atoms with E-state index in [-0.39, 0.29) is 5.91 Å². The van der Waals surface area contributed by atoms with Crippen molar-refractivity contribution < 1.29 is 4.79 Å². The highest BCUT2D eigenvalue weighted by Gasteiger charge is 2.16. The van der Waals surface area contributed by atoms with Gasteiger partial charge in [-0.2, -0.15) is 0 Å². The molecule has 110 valence electrons. The molecule has 2 rings (SSSR count). The Labute approximate surface area is 123 Å². The Kier molecular flexibility index (Phi) is 5.46. The largest absolute Gasteiger partial charge is 0.370 e. The third-order valence-electron chi connectivity index (χ3n) is 3.07. The number of rotatable bonds is 5. The molecule has 0 aliphatic carbocycles. The van der Waals surface area contributed by atoms with Crippen molar-refractivity contribution >= 4 is 29.3 Å². The normalized spacial score (nSPS) is 15.7. The molecule has 0 aromatic carbocycles. The van der Waals surface area contributed by atoms with Crippen molar-refractivity contribution in [1.82, 2.24) is 15.3 Å². The first-order valence-electron chi connectivity index (χ1n) is 6.91. The van der Waals surface area contributed by atoms with E-state index >= 15 is 0 Å². The van der Waals surface area contributed by atoms with Gasteiger partial charge in [0.15, 0.2) is 5.16 Å². The van der Waals surface area contributed by atoms with Gasteiger partial charge in [0.1, 0.15) is 11.6 Å². The summed E-state index contributed by atoms with van der Waals surface area (Å²) in [5, 5.41) is 6.93. The highest BCUT2D eigenvalue weighted by Crippen LogP contribution is 2.21. The molecule has 0 saturated carbocycles. The molecule has 1 aromatic heterocycles. The van der Waals surface area contributed by atoms with Crippen LogP contribution in [-0.4, -0.2) is 48.3 Å². The van der Waals surface area contributed by atoms with E-state index < -0.39 is 0 Å². The third-order valence-corrected chi connectivity index (χ3v) is 3.62. The number of amides is 1. The van der Waals surface area contributed by atoms with Gasteiger partial charge in [-0.1, -0.05) is 18.7 Å². The summed E-state index contributed by atoms with van der Waals surface area (Å²) in [5.74, 6) is 1.85. The SMILES string of the molecule is CCCNc1cc(N2CCNC(=O)CC2)nc(SC)n1. The summed E-state index contributed by atoms with van der Waals surface area (Å²) in [4.78, 5) is 22.5. The topological polar surface area (TPSA) is 70.2 Å². The standard InChI is InChI=1S/C13H21N5OS/c1-3-5-14-10-9-11(17-13(16-10)20-2)18-7-4-12(19)15-6-8-18/h9H,3-8H2,1-2H3,(H,15,19)(H,14,16,17). The van der Waals surface area contributed by atoms with Crippen LogP contribution in [0, 0.1) is 0 Å². The van der Waals surface area contributed by atoms with E-state index in [0.717, 1.165) is 36.3 Å². The van der Waals surface area contributed by atoms with E-state index in [9.17, 15) is 4.79 Å². The van der Waals surface area contributed by atoms with Gasteiger partial charge in [0, 0.05) is 38.7 Å². The minimum Gasteiger partial charge on any atom is -0.370 e. The van der Waals surface area contributed by atoms with Crippen LogP contribution in [0.2, 0.25) is 0 Å². The molecule has 1 fully saturated rings. The van der Waals surface area contributed by atoms with Crippen LogP contribution in [0.25, 0.3) is 0 Å². The van der Waals surface area contributed by atoms with Crippen LogP contribution >= 0.6 is 11.8 Å². The Morgan fingerprint density at radius 3 is 3.05 bits per heavy atom. The maximum absolute atomic E-state index is 11.4. The van der Waals surface area contributed by atoms with Crippen molar-refractivity contribution in [2.45, 2.75) is 24.9 Å². The molecular weight excluding hydrogens is 274 g/mol. The minimum absolute atomic E-state index is 0.107. The van der Waals surface area contributed by atoms with E-state index in [2.05, 4.69) is 32.4 Å². The molecule has 1 amide bonds. The maximum Gasteiger partial charge on any atom is 0.221 e. The Balaban J connectivity index is 2.18. The molecule has 0 radical (unpaired) electrons. The van der Waals surface area contributed by atoms with Crippen LogP contribution in [0.5, 0.6) is 0 Å². The monoisotopic (exact) mass is 295 g/mol. The predicted molar refractivity (Wildman–Crippen MR) is 82.4 cm³/mol. The molecule has 0 bridgehead atoms. The Morgan fingerprint density at radius 2 is 2.30 bits per heavy atom. The first-order valence-corrected chi connectivity index (χ1v) is 8.14. The molecule has 0 spiro atoms. The molecule has 6 nitrogen and oxygen atoms in total. The molecule has 2 N–H and O–H groups in total. The van der Waals surface area contributed by atoms with Crippen molar-refractivity contribution in [1.29, 1.82) is 0 Å². The van der Waals surface area contributed by atoms with Crippen molar-refractivity contribution in [3.05, 3.63) is 6.07 Å². The minimum atomic E-state index is 0.107. The van der Waals surface area contributed by atoms with Crippen LogP contribution in [0.15, 0.2) is 11.2 Å². The number of thioether (sulfide) groups is 1. The van der Waals surface area contributed by atoms with Gasteiger partial charge in [-0.15, -0.1) is 0 Å². The van der Waals surface area contributed by atoms with Crippen molar-refractivity contribution in [2.24, 2.45) is 0 Å². The fraction of sp³-hybridized carbons (Fsp3) is 0.615. The number of carbonyl (C=O) groups is 1. The van der Waals surface area contributed by atoms with Crippen molar-refractivity contribution in [2.75, 3.05) is 42.7 Å². The number of carbonyl (C=O) groups excluding carboxylic acids is 1.